The van der Waals surface area contributed by atoms with Gasteiger partial charge in [0.15, 0.2) is 0 Å². The van der Waals surface area contributed by atoms with Gasteiger partial charge in [0.2, 0.25) is 0 Å². The van der Waals surface area contributed by atoms with Crippen LogP contribution in [0.5, 0.6) is 5.75 Å². The highest BCUT2D eigenvalue weighted by Gasteiger charge is 2.24. The van der Waals surface area contributed by atoms with Crippen molar-refractivity contribution < 1.29 is 18.3 Å². The molecule has 0 radical (unpaired) electrons. The Morgan fingerprint density at radius 3 is 2.42 bits per heavy atom. The van der Waals surface area contributed by atoms with E-state index in [1.54, 1.807) is 26.3 Å². The van der Waals surface area contributed by atoms with E-state index in [0.717, 1.165) is 44.7 Å². The first kappa shape index (κ1) is 25.2. The molecule has 0 aliphatic carbocycles. The van der Waals surface area contributed by atoms with E-state index >= 15 is 0 Å². The van der Waals surface area contributed by atoms with Gasteiger partial charge < -0.3 is 24.4 Å². The minimum Gasteiger partial charge on any atom is -0.497 e. The van der Waals surface area contributed by atoms with Crippen LogP contribution in [-0.2, 0) is 0 Å². The Kier molecular flexibility index (Phi) is 6.27. The fourth-order valence-electron chi connectivity index (χ4n) is 5.13. The van der Waals surface area contributed by atoms with E-state index < -0.39 is 0 Å². The van der Waals surface area contributed by atoms with Crippen LogP contribution in [0.3, 0.4) is 0 Å². The van der Waals surface area contributed by atoms with Gasteiger partial charge in [0.05, 0.1) is 12.7 Å². The predicted molar refractivity (Wildman–Crippen MR) is 159 cm³/mol. The largest absolute Gasteiger partial charge is 0.497 e. The van der Waals surface area contributed by atoms with Crippen molar-refractivity contribution in [3.8, 4) is 39.5 Å². The molecule has 6 rings (SSSR count). The van der Waals surface area contributed by atoms with E-state index in [-0.39, 0.29) is 11.7 Å². The smallest absolute Gasteiger partial charge is 0.255 e. The van der Waals surface area contributed by atoms with Gasteiger partial charge in [0.1, 0.15) is 22.9 Å². The summed E-state index contributed by atoms with van der Waals surface area (Å²) in [5, 5.41) is 4.51. The second-order valence-corrected chi connectivity index (χ2v) is 9.87. The molecule has 2 N–H and O–H groups in total. The number of carbonyl (C=O) groups excluding carboxylic acids is 1. The third-order valence-electron chi connectivity index (χ3n) is 7.16. The number of ether oxygens (including phenoxy) is 1. The number of hydrogen-bond acceptors (Lipinski definition) is 4. The van der Waals surface area contributed by atoms with Gasteiger partial charge >= 0.3 is 0 Å². The Morgan fingerprint density at radius 2 is 1.70 bits per heavy atom. The van der Waals surface area contributed by atoms with Crippen LogP contribution in [0.1, 0.15) is 10.4 Å². The number of aromatic amines is 1. The number of halogens is 1. The maximum atomic E-state index is 13.6. The summed E-state index contributed by atoms with van der Waals surface area (Å²) in [5.41, 5.74) is 7.52. The quantitative estimate of drug-likeness (QED) is 0.233. The van der Waals surface area contributed by atoms with Crippen molar-refractivity contribution in [1.29, 1.82) is 0 Å². The lowest BCUT2D eigenvalue weighted by Gasteiger charge is -2.18. The molecule has 2 heterocycles. The van der Waals surface area contributed by atoms with E-state index in [1.807, 2.05) is 55.4 Å². The minimum absolute atomic E-state index is 0.274. The summed E-state index contributed by atoms with van der Waals surface area (Å²) in [4.78, 5) is 18.6. The maximum absolute atomic E-state index is 13.6. The van der Waals surface area contributed by atoms with Gasteiger partial charge in [-0.2, -0.15) is 0 Å². The number of amides is 1. The molecule has 7 heteroatoms. The van der Waals surface area contributed by atoms with E-state index in [1.165, 1.54) is 12.1 Å². The normalized spacial score (nSPS) is 11.2. The van der Waals surface area contributed by atoms with Crippen molar-refractivity contribution in [3.05, 3.63) is 96.3 Å². The van der Waals surface area contributed by atoms with Gasteiger partial charge in [-0.1, -0.05) is 18.2 Å². The second-order valence-electron chi connectivity index (χ2n) is 9.87. The van der Waals surface area contributed by atoms with Gasteiger partial charge in [-0.05, 0) is 65.7 Å². The standard InChI is InChI=1S/C33H28FN3O3/c1-35-33(38)31-26-17-25(29(37(2)3)18-30(26)40-32(31)19-8-11-23(34)12-9-19)20-6-5-7-21(14-20)27-15-22-10-13-24(39-4)16-28(22)36-27/h5-18,36H,1-4H3,(H,35,38). The van der Waals surface area contributed by atoms with Crippen molar-refractivity contribution in [3.63, 3.8) is 0 Å². The lowest BCUT2D eigenvalue weighted by atomic mass is 9.96. The van der Waals surface area contributed by atoms with E-state index in [4.69, 9.17) is 9.15 Å². The number of aromatic nitrogens is 1. The number of hydrogen-bond donors (Lipinski definition) is 2. The molecular weight excluding hydrogens is 505 g/mol. The van der Waals surface area contributed by atoms with E-state index in [0.29, 0.717) is 27.9 Å². The fourth-order valence-corrected chi connectivity index (χ4v) is 5.13. The highest BCUT2D eigenvalue weighted by molar-refractivity contribution is 6.13. The van der Waals surface area contributed by atoms with Gasteiger partial charge in [-0.25, -0.2) is 4.39 Å². The van der Waals surface area contributed by atoms with Gasteiger partial charge in [0.25, 0.3) is 5.91 Å². The topological polar surface area (TPSA) is 70.5 Å². The average Bonchev–Trinajstić information content (AvgIpc) is 3.57. The average molecular weight is 534 g/mol. The van der Waals surface area contributed by atoms with Crippen LogP contribution in [0, 0.1) is 5.82 Å². The highest BCUT2D eigenvalue weighted by Crippen LogP contribution is 2.41. The zero-order valence-electron chi connectivity index (χ0n) is 22.6. The first-order valence-corrected chi connectivity index (χ1v) is 12.9. The van der Waals surface area contributed by atoms with E-state index in [2.05, 4.69) is 34.6 Å². The zero-order chi connectivity index (χ0) is 28.0. The third-order valence-corrected chi connectivity index (χ3v) is 7.16. The molecule has 4 aromatic carbocycles. The second kappa shape index (κ2) is 9.93. The number of nitrogens with one attached hydrogen (secondary N) is 2. The predicted octanol–water partition coefficient (Wildman–Crippen LogP) is 7.49. The van der Waals surface area contributed by atoms with Gasteiger partial charge in [-0.3, -0.25) is 4.79 Å². The minimum atomic E-state index is -0.354. The molecule has 0 aliphatic rings. The van der Waals surface area contributed by atoms with Crippen LogP contribution in [-0.4, -0.2) is 39.1 Å². The monoisotopic (exact) mass is 533 g/mol. The van der Waals surface area contributed by atoms with Crippen molar-refractivity contribution >= 4 is 33.5 Å². The number of methoxy groups -OCH3 is 1. The molecule has 0 aliphatic heterocycles. The highest BCUT2D eigenvalue weighted by atomic mass is 19.1. The summed E-state index contributed by atoms with van der Waals surface area (Å²) in [7, 11) is 7.20. The Bertz CT molecular complexity index is 1880. The van der Waals surface area contributed by atoms with Crippen LogP contribution in [0.15, 0.2) is 89.3 Å². The Hall–Kier alpha value is -5.04. The first-order chi connectivity index (χ1) is 19.4. The zero-order valence-corrected chi connectivity index (χ0v) is 22.6. The molecule has 200 valence electrons. The van der Waals surface area contributed by atoms with E-state index in [9.17, 15) is 9.18 Å². The van der Waals surface area contributed by atoms with Crippen molar-refractivity contribution in [2.45, 2.75) is 0 Å². The molecule has 2 aromatic heterocycles. The van der Waals surface area contributed by atoms with Crippen LogP contribution in [0.25, 0.3) is 55.6 Å². The summed E-state index contributed by atoms with van der Waals surface area (Å²) in [6.07, 6.45) is 0. The molecule has 6 aromatic rings. The molecule has 6 nitrogen and oxygen atoms in total. The lowest BCUT2D eigenvalue weighted by Crippen LogP contribution is -2.18. The number of fused-ring (bicyclic) bond motifs is 2. The molecule has 0 spiro atoms. The Balaban J connectivity index is 1.53. The summed E-state index contributed by atoms with van der Waals surface area (Å²) in [6.45, 7) is 0. The molecule has 0 saturated heterocycles. The molecule has 1 amide bonds. The molecular formula is C33H28FN3O3. The molecule has 0 unspecified atom stereocenters. The van der Waals surface area contributed by atoms with Crippen LogP contribution in [0.4, 0.5) is 10.1 Å². The number of anilines is 1. The molecule has 0 fully saturated rings. The maximum Gasteiger partial charge on any atom is 0.255 e. The van der Waals surface area contributed by atoms with Gasteiger partial charge in [-0.15, -0.1) is 0 Å². The number of furan rings is 1. The number of rotatable bonds is 6. The fraction of sp³-hybridized carbons (Fsp3) is 0.121. The Morgan fingerprint density at radius 1 is 0.925 bits per heavy atom. The van der Waals surface area contributed by atoms with Crippen molar-refractivity contribution in [2.75, 3.05) is 33.2 Å². The summed E-state index contributed by atoms with van der Waals surface area (Å²) in [6, 6.07) is 26.3. The molecule has 0 bridgehead atoms. The molecule has 0 saturated carbocycles. The van der Waals surface area contributed by atoms with Crippen molar-refractivity contribution in [1.82, 2.24) is 10.3 Å². The lowest BCUT2D eigenvalue weighted by molar-refractivity contribution is 0.0964. The third kappa shape index (κ3) is 4.35. The molecule has 40 heavy (non-hydrogen) atoms. The SMILES string of the molecule is CNC(=O)c1c(-c2ccc(F)cc2)oc2cc(N(C)C)c(-c3cccc(-c4cc5ccc(OC)cc5[nH]4)c3)cc12. The summed E-state index contributed by atoms with van der Waals surface area (Å²) in [5.74, 6) is 0.570. The number of nitrogens with zero attached hydrogens (tertiary/aromatic N) is 1. The van der Waals surface area contributed by atoms with Crippen LogP contribution >= 0.6 is 0 Å². The van der Waals surface area contributed by atoms with Crippen molar-refractivity contribution in [2.24, 2.45) is 0 Å². The summed E-state index contributed by atoms with van der Waals surface area (Å²) >= 11 is 0. The summed E-state index contributed by atoms with van der Waals surface area (Å²) < 4.78 is 25.3. The first-order valence-electron chi connectivity index (χ1n) is 12.9. The number of H-pyrrole nitrogens is 1. The number of benzene rings is 4. The van der Waals surface area contributed by atoms with Crippen LogP contribution < -0.4 is 15.0 Å². The number of carbonyl (C=O) groups is 1. The Labute approximate surface area is 231 Å². The molecule has 0 atom stereocenters. The van der Waals surface area contributed by atoms with Gasteiger partial charge in [0, 0.05) is 72.1 Å². The van der Waals surface area contributed by atoms with Crippen LogP contribution in [0.2, 0.25) is 0 Å².